The number of hydrogen-bond donors (Lipinski definition) is 3. The number of β-amino-alcohol motifs (C(OH)–C–C–N with tert-alkyl or cyclic N) is 1. The molecular weight excluding hydrogens is 471 g/mol. The van der Waals surface area contributed by atoms with Gasteiger partial charge < -0.3 is 20.2 Å². The molecular formula is C19H45IN2O2Si2. The maximum absolute atomic E-state index is 8.39. The molecule has 0 bridgehead atoms. The fraction of sp³-hybridized carbons (Fsp3) is 1.00. The van der Waals surface area contributed by atoms with Crippen molar-refractivity contribution in [3.63, 3.8) is 0 Å². The summed E-state index contributed by atoms with van der Waals surface area (Å²) >= 11 is 2.52. The number of rotatable bonds is 3. The van der Waals surface area contributed by atoms with Crippen LogP contribution in [-0.2, 0) is 4.43 Å². The van der Waals surface area contributed by atoms with E-state index in [9.17, 15) is 0 Å². The van der Waals surface area contributed by atoms with Crippen molar-refractivity contribution >= 4 is 39.0 Å². The summed E-state index contributed by atoms with van der Waals surface area (Å²) in [4.78, 5) is 0. The van der Waals surface area contributed by atoms with Crippen molar-refractivity contribution in [1.29, 1.82) is 0 Å². The summed E-state index contributed by atoms with van der Waals surface area (Å²) < 4.78 is 7.48. The van der Waals surface area contributed by atoms with Gasteiger partial charge in [0, 0.05) is 26.2 Å². The van der Waals surface area contributed by atoms with Crippen LogP contribution < -0.4 is 10.6 Å². The Bertz CT molecular complexity index is 399. The first-order valence-corrected chi connectivity index (χ1v) is 17.5. The van der Waals surface area contributed by atoms with Gasteiger partial charge >= 0.3 is 0 Å². The van der Waals surface area contributed by atoms with E-state index in [1.807, 2.05) is 0 Å². The minimum atomic E-state index is -1.48. The molecule has 0 saturated carbocycles. The molecule has 2 heterocycles. The molecule has 0 aliphatic carbocycles. The van der Waals surface area contributed by atoms with Crippen molar-refractivity contribution in [3.05, 3.63) is 0 Å². The van der Waals surface area contributed by atoms with Gasteiger partial charge in [-0.2, -0.15) is 0 Å². The molecule has 2 saturated heterocycles. The van der Waals surface area contributed by atoms with Crippen LogP contribution in [0, 0.1) is 0 Å². The molecule has 158 valence electrons. The largest absolute Gasteiger partial charge is 0.411 e. The molecule has 7 heteroatoms. The molecule has 0 atom stereocenters. The van der Waals surface area contributed by atoms with E-state index >= 15 is 0 Å². The van der Waals surface area contributed by atoms with E-state index in [0.717, 1.165) is 26.2 Å². The van der Waals surface area contributed by atoms with Gasteiger partial charge in [-0.05, 0) is 27.2 Å². The zero-order valence-electron chi connectivity index (χ0n) is 18.9. The third-order valence-electron chi connectivity index (χ3n) is 6.14. The highest BCUT2D eigenvalue weighted by Gasteiger charge is 2.40. The van der Waals surface area contributed by atoms with Crippen LogP contribution in [0.1, 0.15) is 41.5 Å². The van der Waals surface area contributed by atoms with Gasteiger partial charge in [-0.25, -0.2) is 0 Å². The zero-order chi connectivity index (χ0) is 20.8. The highest BCUT2D eigenvalue weighted by Crippen LogP contribution is 2.38. The quantitative estimate of drug-likeness (QED) is 0.296. The third kappa shape index (κ3) is 9.47. The Morgan fingerprint density at radius 3 is 1.38 bits per heavy atom. The summed E-state index contributed by atoms with van der Waals surface area (Å²) in [7, 11) is -2.37. The van der Waals surface area contributed by atoms with Crippen molar-refractivity contribution < 1.29 is 9.53 Å². The minimum Gasteiger partial charge on any atom is -0.411 e. The van der Waals surface area contributed by atoms with Gasteiger partial charge in [-0.1, -0.05) is 77.2 Å². The van der Waals surface area contributed by atoms with Crippen molar-refractivity contribution in [2.45, 2.75) is 90.0 Å². The predicted octanol–water partition coefficient (Wildman–Crippen LogP) is 4.40. The lowest BCUT2D eigenvalue weighted by Gasteiger charge is -2.42. The fourth-order valence-corrected chi connectivity index (χ4v) is 6.60. The zero-order valence-corrected chi connectivity index (χ0v) is 23.1. The molecule has 0 aromatic rings. The Balaban J connectivity index is 0.000000391. The standard InChI is InChI=1S/C9H21NOSi.C7H17ISi.C3H7NO/c1-9(2,3)12(4,5)11-8-6-10-7-8;1-7(2,3)9(4,5)6-8;5-3-1-4-2-3/h8,10H,6-7H2,1-5H3;6H2,1-5H3;3-5H,1-2H2. The maximum atomic E-state index is 8.39. The van der Waals surface area contributed by atoms with Gasteiger partial charge in [0.25, 0.3) is 0 Å². The smallest absolute Gasteiger partial charge is 0.192 e. The van der Waals surface area contributed by atoms with Crippen LogP contribution in [0.5, 0.6) is 0 Å². The van der Waals surface area contributed by atoms with Gasteiger partial charge in [-0.15, -0.1) is 0 Å². The van der Waals surface area contributed by atoms with E-state index in [0.29, 0.717) is 16.2 Å². The summed E-state index contributed by atoms with van der Waals surface area (Å²) in [6, 6.07) is 0. The number of aliphatic hydroxyl groups excluding tert-OH is 1. The number of aliphatic hydroxyl groups is 1. The Labute approximate surface area is 178 Å². The van der Waals surface area contributed by atoms with Crippen molar-refractivity contribution in [2.75, 3.05) is 30.2 Å². The van der Waals surface area contributed by atoms with E-state index in [-0.39, 0.29) is 6.10 Å². The van der Waals surface area contributed by atoms with E-state index in [2.05, 4.69) is 101 Å². The second-order valence-corrected chi connectivity index (χ2v) is 23.3. The molecule has 2 aliphatic rings. The molecule has 0 spiro atoms. The summed E-state index contributed by atoms with van der Waals surface area (Å²) in [5, 5.41) is 15.5. The Kier molecular flexibility index (Phi) is 11.1. The molecule has 4 nitrogen and oxygen atoms in total. The van der Waals surface area contributed by atoms with Gasteiger partial charge in [0.2, 0.25) is 0 Å². The fourth-order valence-electron chi connectivity index (χ4n) is 1.41. The summed E-state index contributed by atoms with van der Waals surface area (Å²) in [6.07, 6.45) is 0.445. The lowest BCUT2D eigenvalue weighted by molar-refractivity contribution is 0.117. The number of nitrogens with one attached hydrogen (secondary N) is 2. The maximum Gasteiger partial charge on any atom is 0.192 e. The van der Waals surface area contributed by atoms with Crippen LogP contribution in [0.25, 0.3) is 0 Å². The number of hydrogen-bond acceptors (Lipinski definition) is 4. The van der Waals surface area contributed by atoms with Crippen molar-refractivity contribution in [3.8, 4) is 0 Å². The molecule has 0 aromatic carbocycles. The van der Waals surface area contributed by atoms with Gasteiger partial charge in [0.15, 0.2) is 8.32 Å². The summed E-state index contributed by atoms with van der Waals surface area (Å²) in [6.45, 7) is 27.1. The highest BCUT2D eigenvalue weighted by atomic mass is 127. The normalized spacial score (nSPS) is 19.4. The molecule has 3 N–H and O–H groups in total. The Morgan fingerprint density at radius 2 is 1.27 bits per heavy atom. The van der Waals surface area contributed by atoms with Crippen molar-refractivity contribution in [1.82, 2.24) is 10.6 Å². The van der Waals surface area contributed by atoms with E-state index < -0.39 is 16.4 Å². The average Bonchev–Trinajstić information content (AvgIpc) is 2.40. The number of alkyl halides is 1. The van der Waals surface area contributed by atoms with Crippen LogP contribution in [0.3, 0.4) is 0 Å². The SMILES string of the molecule is CC(C)(C)[Si](C)(C)CI.CC(C)(C)[Si](C)(C)OC1CNC1.OC1CNC1. The first-order valence-electron chi connectivity index (χ1n) is 9.87. The van der Waals surface area contributed by atoms with Crippen LogP contribution in [0.2, 0.25) is 36.3 Å². The molecule has 2 fully saturated rings. The molecule has 2 aliphatic heterocycles. The molecule has 0 aromatic heterocycles. The topological polar surface area (TPSA) is 53.5 Å². The van der Waals surface area contributed by atoms with Crippen LogP contribution >= 0.6 is 22.6 Å². The molecule has 2 rings (SSSR count). The second-order valence-electron chi connectivity index (χ2n) is 10.7. The molecule has 0 amide bonds. The van der Waals surface area contributed by atoms with E-state index in [1.165, 1.54) is 4.05 Å². The Hall–Kier alpha value is 1.00. The Morgan fingerprint density at radius 1 is 0.885 bits per heavy atom. The van der Waals surface area contributed by atoms with Crippen molar-refractivity contribution in [2.24, 2.45) is 0 Å². The van der Waals surface area contributed by atoms with Gasteiger partial charge in [0.05, 0.1) is 20.3 Å². The van der Waals surface area contributed by atoms with Crippen LogP contribution in [-0.4, -0.2) is 63.9 Å². The second kappa shape index (κ2) is 10.7. The number of halogens is 1. The first kappa shape index (κ1) is 27.0. The molecule has 26 heavy (non-hydrogen) atoms. The first-order chi connectivity index (χ1) is 11.5. The van der Waals surface area contributed by atoms with E-state index in [4.69, 9.17) is 9.53 Å². The minimum absolute atomic E-state index is 0.0463. The van der Waals surface area contributed by atoms with Crippen LogP contribution in [0.15, 0.2) is 0 Å². The third-order valence-corrected chi connectivity index (χ3v) is 21.1. The van der Waals surface area contributed by atoms with Gasteiger partial charge in [0.1, 0.15) is 0 Å². The van der Waals surface area contributed by atoms with Gasteiger partial charge in [-0.3, -0.25) is 0 Å². The van der Waals surface area contributed by atoms with E-state index in [1.54, 1.807) is 0 Å². The summed E-state index contributed by atoms with van der Waals surface area (Å²) in [5.74, 6) is 0. The molecule has 0 radical (unpaired) electrons. The monoisotopic (exact) mass is 516 g/mol. The predicted molar refractivity (Wildman–Crippen MR) is 130 cm³/mol. The van der Waals surface area contributed by atoms with Crippen LogP contribution in [0.4, 0.5) is 0 Å². The lowest BCUT2D eigenvalue weighted by atomic mass is 10.2. The summed E-state index contributed by atoms with van der Waals surface area (Å²) in [5.41, 5.74) is 0. The highest BCUT2D eigenvalue weighted by molar-refractivity contribution is 14.1. The molecule has 0 unspecified atom stereocenters. The lowest BCUT2D eigenvalue weighted by Crippen LogP contribution is -2.55. The average molecular weight is 517 g/mol.